The topological polar surface area (TPSA) is 86.6 Å². The van der Waals surface area contributed by atoms with E-state index in [0.29, 0.717) is 22.5 Å². The van der Waals surface area contributed by atoms with Crippen LogP contribution in [0, 0.1) is 26.6 Å². The van der Waals surface area contributed by atoms with E-state index < -0.39 is 29.8 Å². The first-order valence-corrected chi connectivity index (χ1v) is 9.24. The van der Waals surface area contributed by atoms with Gasteiger partial charge in [0.1, 0.15) is 12.4 Å². The number of amides is 1. The van der Waals surface area contributed by atoms with Crippen LogP contribution in [0.2, 0.25) is 0 Å². The molecule has 156 valence electrons. The van der Waals surface area contributed by atoms with E-state index >= 15 is 0 Å². The molecule has 0 radical (unpaired) electrons. The number of nitrogens with one attached hydrogen (secondary N) is 1. The van der Waals surface area contributed by atoms with Crippen molar-refractivity contribution < 1.29 is 28.2 Å². The van der Waals surface area contributed by atoms with Crippen LogP contribution in [0.1, 0.15) is 41.2 Å². The number of halogens is 1. The van der Waals surface area contributed by atoms with Gasteiger partial charge in [-0.05, 0) is 58.4 Å². The highest BCUT2D eigenvalue weighted by atomic mass is 19.1. The summed E-state index contributed by atoms with van der Waals surface area (Å²) in [6, 6.07) is 5.95. The van der Waals surface area contributed by atoms with E-state index in [-0.39, 0.29) is 18.8 Å². The fraction of sp³-hybridized carbons (Fsp3) is 0.381. The standard InChI is InChI=1S/C21H25FN2O5/c1-6-28-21(27)17-9-13(3)24(14(17)4)11-19(25)29-15(5)20(26)23-16-8-7-12(2)18(22)10-16/h7-10,15H,6,11H2,1-5H3,(H,23,26)/t15-/m1/s1. The quantitative estimate of drug-likeness (QED) is 0.716. The van der Waals surface area contributed by atoms with Gasteiger partial charge >= 0.3 is 11.9 Å². The summed E-state index contributed by atoms with van der Waals surface area (Å²) in [7, 11) is 0. The maximum Gasteiger partial charge on any atom is 0.339 e. The third kappa shape index (κ3) is 5.43. The summed E-state index contributed by atoms with van der Waals surface area (Å²) >= 11 is 0. The molecule has 1 aromatic heterocycles. The SMILES string of the molecule is CCOC(=O)c1cc(C)n(CC(=O)O[C@H](C)C(=O)Nc2ccc(C)c(F)c2)c1C. The Balaban J connectivity index is 2.00. The van der Waals surface area contributed by atoms with Crippen molar-refractivity contribution in [2.45, 2.75) is 47.3 Å². The van der Waals surface area contributed by atoms with Gasteiger partial charge in [0, 0.05) is 17.1 Å². The summed E-state index contributed by atoms with van der Waals surface area (Å²) in [6.45, 7) is 8.31. The van der Waals surface area contributed by atoms with Gasteiger partial charge in [0.2, 0.25) is 0 Å². The van der Waals surface area contributed by atoms with Crippen molar-refractivity contribution in [2.75, 3.05) is 11.9 Å². The average Bonchev–Trinajstić information content (AvgIpc) is 2.93. The molecular weight excluding hydrogens is 379 g/mol. The third-order valence-electron chi connectivity index (χ3n) is 4.47. The molecule has 0 saturated heterocycles. The summed E-state index contributed by atoms with van der Waals surface area (Å²) in [4.78, 5) is 36.5. The summed E-state index contributed by atoms with van der Waals surface area (Å²) in [5, 5.41) is 2.51. The molecular formula is C21H25FN2O5. The van der Waals surface area contributed by atoms with Crippen LogP contribution in [0.3, 0.4) is 0 Å². The van der Waals surface area contributed by atoms with Gasteiger partial charge in [-0.15, -0.1) is 0 Å². The maximum atomic E-state index is 13.6. The summed E-state index contributed by atoms with van der Waals surface area (Å²) in [5.41, 5.74) is 2.38. The second kappa shape index (κ2) is 9.36. The van der Waals surface area contributed by atoms with Crippen LogP contribution in [0.15, 0.2) is 24.3 Å². The largest absolute Gasteiger partial charge is 0.462 e. The van der Waals surface area contributed by atoms with Crippen LogP contribution in [-0.2, 0) is 25.6 Å². The Bertz CT molecular complexity index is 935. The summed E-state index contributed by atoms with van der Waals surface area (Å²) < 4.78 is 25.4. The number of carbonyl (C=O) groups excluding carboxylic acids is 3. The van der Waals surface area contributed by atoms with Gasteiger partial charge in [-0.1, -0.05) is 6.07 Å². The third-order valence-corrected chi connectivity index (χ3v) is 4.47. The van der Waals surface area contributed by atoms with E-state index in [0.717, 1.165) is 0 Å². The molecule has 0 aliphatic rings. The molecule has 2 rings (SSSR count). The van der Waals surface area contributed by atoms with Crippen LogP contribution in [-0.4, -0.2) is 35.1 Å². The molecule has 0 aliphatic carbocycles. The van der Waals surface area contributed by atoms with Gasteiger partial charge in [0.25, 0.3) is 5.91 Å². The van der Waals surface area contributed by atoms with Crippen LogP contribution >= 0.6 is 0 Å². The van der Waals surface area contributed by atoms with Crippen molar-refractivity contribution in [3.63, 3.8) is 0 Å². The number of aromatic nitrogens is 1. The highest BCUT2D eigenvalue weighted by Crippen LogP contribution is 2.17. The van der Waals surface area contributed by atoms with Crippen LogP contribution < -0.4 is 5.32 Å². The molecule has 8 heteroatoms. The second-order valence-electron chi connectivity index (χ2n) is 6.68. The minimum absolute atomic E-state index is 0.159. The van der Waals surface area contributed by atoms with Crippen molar-refractivity contribution in [1.82, 2.24) is 4.57 Å². The molecule has 0 aliphatic heterocycles. The van der Waals surface area contributed by atoms with Crippen molar-refractivity contribution >= 4 is 23.5 Å². The Morgan fingerprint density at radius 1 is 1.17 bits per heavy atom. The minimum atomic E-state index is -1.08. The molecule has 0 spiro atoms. The number of ether oxygens (including phenoxy) is 2. The lowest BCUT2D eigenvalue weighted by atomic mass is 10.2. The normalized spacial score (nSPS) is 11.7. The van der Waals surface area contributed by atoms with Gasteiger partial charge in [-0.25, -0.2) is 9.18 Å². The van der Waals surface area contributed by atoms with E-state index in [1.54, 1.807) is 50.5 Å². The lowest BCUT2D eigenvalue weighted by Crippen LogP contribution is -2.31. The molecule has 1 atom stereocenters. The molecule has 1 amide bonds. The molecule has 1 aromatic carbocycles. The number of aryl methyl sites for hydroxylation is 2. The number of carbonyl (C=O) groups is 3. The van der Waals surface area contributed by atoms with Crippen LogP contribution in [0.25, 0.3) is 0 Å². The molecule has 2 aromatic rings. The Morgan fingerprint density at radius 3 is 2.48 bits per heavy atom. The number of rotatable bonds is 7. The highest BCUT2D eigenvalue weighted by molar-refractivity contribution is 5.95. The minimum Gasteiger partial charge on any atom is -0.462 e. The average molecular weight is 404 g/mol. The first kappa shape index (κ1) is 22.1. The van der Waals surface area contributed by atoms with E-state index in [9.17, 15) is 18.8 Å². The van der Waals surface area contributed by atoms with Crippen molar-refractivity contribution in [3.8, 4) is 0 Å². The molecule has 7 nitrogen and oxygen atoms in total. The van der Waals surface area contributed by atoms with E-state index in [4.69, 9.17) is 9.47 Å². The summed E-state index contributed by atoms with van der Waals surface area (Å²) in [6.07, 6.45) is -1.08. The van der Waals surface area contributed by atoms with E-state index in [1.165, 1.54) is 13.0 Å². The van der Waals surface area contributed by atoms with Crippen LogP contribution in [0.5, 0.6) is 0 Å². The zero-order chi connectivity index (χ0) is 21.7. The van der Waals surface area contributed by atoms with E-state index in [1.807, 2.05) is 0 Å². The number of benzene rings is 1. The monoisotopic (exact) mass is 404 g/mol. The predicted octanol–water partition coefficient (Wildman–Crippen LogP) is 3.30. The molecule has 29 heavy (non-hydrogen) atoms. The fourth-order valence-electron chi connectivity index (χ4n) is 2.79. The van der Waals surface area contributed by atoms with Crippen LogP contribution in [0.4, 0.5) is 10.1 Å². The van der Waals surface area contributed by atoms with Crippen molar-refractivity contribution in [3.05, 3.63) is 52.6 Å². The first-order chi connectivity index (χ1) is 13.6. The number of hydrogen-bond acceptors (Lipinski definition) is 5. The summed E-state index contributed by atoms with van der Waals surface area (Å²) in [5.74, 6) is -2.11. The Labute approximate surface area is 168 Å². The molecule has 1 heterocycles. The van der Waals surface area contributed by atoms with Gasteiger partial charge in [0.05, 0.1) is 12.2 Å². The molecule has 0 unspecified atom stereocenters. The Hall–Kier alpha value is -3.16. The Kier molecular flexibility index (Phi) is 7.14. The maximum absolute atomic E-state index is 13.6. The second-order valence-corrected chi connectivity index (χ2v) is 6.68. The number of anilines is 1. The lowest BCUT2D eigenvalue weighted by Gasteiger charge is -2.15. The molecule has 1 N–H and O–H groups in total. The first-order valence-electron chi connectivity index (χ1n) is 9.24. The number of nitrogens with zero attached hydrogens (tertiary/aromatic N) is 1. The van der Waals surface area contributed by atoms with Crippen molar-refractivity contribution in [1.29, 1.82) is 0 Å². The van der Waals surface area contributed by atoms with Gasteiger partial charge in [0.15, 0.2) is 6.10 Å². The molecule has 0 fully saturated rings. The highest BCUT2D eigenvalue weighted by Gasteiger charge is 2.22. The fourth-order valence-corrected chi connectivity index (χ4v) is 2.79. The predicted molar refractivity (Wildman–Crippen MR) is 105 cm³/mol. The molecule has 0 bridgehead atoms. The Morgan fingerprint density at radius 2 is 1.86 bits per heavy atom. The van der Waals surface area contributed by atoms with Gasteiger partial charge in [-0.3, -0.25) is 9.59 Å². The lowest BCUT2D eigenvalue weighted by molar-refractivity contribution is -0.153. The zero-order valence-electron chi connectivity index (χ0n) is 17.2. The number of esters is 2. The van der Waals surface area contributed by atoms with E-state index in [2.05, 4.69) is 5.32 Å². The van der Waals surface area contributed by atoms with Gasteiger partial charge < -0.3 is 19.4 Å². The number of hydrogen-bond donors (Lipinski definition) is 1. The smallest absolute Gasteiger partial charge is 0.339 e. The van der Waals surface area contributed by atoms with Gasteiger partial charge in [-0.2, -0.15) is 0 Å². The molecule has 0 saturated carbocycles. The van der Waals surface area contributed by atoms with Crippen molar-refractivity contribution in [2.24, 2.45) is 0 Å². The zero-order valence-corrected chi connectivity index (χ0v) is 17.2.